The number of ether oxygens (including phenoxy) is 1. The maximum atomic E-state index is 5.38. The van der Waals surface area contributed by atoms with Crippen molar-refractivity contribution in [2.75, 3.05) is 26.3 Å². The van der Waals surface area contributed by atoms with Gasteiger partial charge in [-0.05, 0) is 18.8 Å². The van der Waals surface area contributed by atoms with Crippen LogP contribution in [-0.4, -0.2) is 37.2 Å². The van der Waals surface area contributed by atoms with Gasteiger partial charge in [0.25, 0.3) is 0 Å². The van der Waals surface area contributed by atoms with Crippen LogP contribution in [0.25, 0.3) is 0 Å². The second kappa shape index (κ2) is 6.41. The lowest BCUT2D eigenvalue weighted by Gasteiger charge is -2.35. The van der Waals surface area contributed by atoms with Gasteiger partial charge in [-0.3, -0.25) is 4.90 Å². The first-order chi connectivity index (χ1) is 6.77. The van der Waals surface area contributed by atoms with Gasteiger partial charge >= 0.3 is 0 Å². The number of hydrogen-bond donors (Lipinski definition) is 0. The molecule has 0 radical (unpaired) electrons. The minimum atomic E-state index is 0.786. The van der Waals surface area contributed by atoms with E-state index in [-0.39, 0.29) is 0 Å². The Morgan fingerprint density at radius 3 is 2.29 bits per heavy atom. The molecule has 0 aromatic carbocycles. The average molecular weight is 199 g/mol. The van der Waals surface area contributed by atoms with Gasteiger partial charge in [0, 0.05) is 19.1 Å². The fourth-order valence-corrected chi connectivity index (χ4v) is 2.15. The van der Waals surface area contributed by atoms with E-state index in [4.69, 9.17) is 4.74 Å². The summed E-state index contributed by atoms with van der Waals surface area (Å²) in [4.78, 5) is 2.61. The predicted octanol–water partition coefficient (Wildman–Crippen LogP) is 2.53. The first-order valence-electron chi connectivity index (χ1n) is 6.09. The number of nitrogens with zero attached hydrogens (tertiary/aromatic N) is 1. The molecule has 2 heteroatoms. The SMILES string of the molecule is CCC(C)CC(CC)N1CCOCC1. The molecule has 1 aliphatic heterocycles. The molecule has 0 bridgehead atoms. The van der Waals surface area contributed by atoms with E-state index in [1.54, 1.807) is 0 Å². The quantitative estimate of drug-likeness (QED) is 0.674. The molecule has 1 rings (SSSR count). The van der Waals surface area contributed by atoms with Gasteiger partial charge in [0.2, 0.25) is 0 Å². The van der Waals surface area contributed by atoms with E-state index in [2.05, 4.69) is 25.7 Å². The average Bonchev–Trinajstić information content (AvgIpc) is 2.26. The Balaban J connectivity index is 2.35. The van der Waals surface area contributed by atoms with Crippen LogP contribution in [-0.2, 0) is 4.74 Å². The van der Waals surface area contributed by atoms with Gasteiger partial charge in [0.15, 0.2) is 0 Å². The van der Waals surface area contributed by atoms with Crippen LogP contribution in [0, 0.1) is 5.92 Å². The van der Waals surface area contributed by atoms with Gasteiger partial charge in [-0.15, -0.1) is 0 Å². The molecule has 2 nitrogen and oxygen atoms in total. The molecule has 1 saturated heterocycles. The molecular weight excluding hydrogens is 174 g/mol. The summed E-state index contributed by atoms with van der Waals surface area (Å²) in [5.74, 6) is 0.864. The summed E-state index contributed by atoms with van der Waals surface area (Å²) in [5.41, 5.74) is 0. The van der Waals surface area contributed by atoms with Crippen LogP contribution in [0.15, 0.2) is 0 Å². The molecule has 0 aliphatic carbocycles. The van der Waals surface area contributed by atoms with E-state index in [0.29, 0.717) is 0 Å². The van der Waals surface area contributed by atoms with Crippen molar-refractivity contribution in [3.63, 3.8) is 0 Å². The summed E-state index contributed by atoms with van der Waals surface area (Å²) in [6.45, 7) is 11.1. The van der Waals surface area contributed by atoms with E-state index >= 15 is 0 Å². The highest BCUT2D eigenvalue weighted by Gasteiger charge is 2.20. The molecule has 2 atom stereocenters. The molecule has 1 fully saturated rings. The van der Waals surface area contributed by atoms with Crippen molar-refractivity contribution >= 4 is 0 Å². The second-order valence-corrected chi connectivity index (χ2v) is 4.46. The number of rotatable bonds is 5. The Kier molecular flexibility index (Phi) is 5.49. The normalized spacial score (nSPS) is 23.4. The van der Waals surface area contributed by atoms with Gasteiger partial charge in [-0.2, -0.15) is 0 Å². The molecule has 2 unspecified atom stereocenters. The van der Waals surface area contributed by atoms with Crippen molar-refractivity contribution in [3.8, 4) is 0 Å². The van der Waals surface area contributed by atoms with Crippen LogP contribution in [0.5, 0.6) is 0 Å². The van der Waals surface area contributed by atoms with Crippen LogP contribution in [0.3, 0.4) is 0 Å². The first kappa shape index (κ1) is 12.0. The van der Waals surface area contributed by atoms with Crippen molar-refractivity contribution in [2.24, 2.45) is 5.92 Å². The third-order valence-corrected chi connectivity index (χ3v) is 3.40. The minimum Gasteiger partial charge on any atom is -0.379 e. The van der Waals surface area contributed by atoms with Gasteiger partial charge in [0.05, 0.1) is 13.2 Å². The third kappa shape index (κ3) is 3.58. The molecule has 0 saturated carbocycles. The number of hydrogen-bond acceptors (Lipinski definition) is 2. The highest BCUT2D eigenvalue weighted by molar-refractivity contribution is 4.74. The van der Waals surface area contributed by atoms with Gasteiger partial charge in [-0.1, -0.05) is 27.2 Å². The van der Waals surface area contributed by atoms with E-state index in [9.17, 15) is 0 Å². The fraction of sp³-hybridized carbons (Fsp3) is 1.00. The summed E-state index contributed by atoms with van der Waals surface area (Å²) in [6, 6.07) is 0.786. The van der Waals surface area contributed by atoms with E-state index < -0.39 is 0 Å². The van der Waals surface area contributed by atoms with Crippen LogP contribution >= 0.6 is 0 Å². The Morgan fingerprint density at radius 2 is 1.79 bits per heavy atom. The van der Waals surface area contributed by atoms with Crippen molar-refractivity contribution in [1.82, 2.24) is 4.90 Å². The minimum absolute atomic E-state index is 0.786. The Labute approximate surface area is 88.6 Å². The summed E-state index contributed by atoms with van der Waals surface area (Å²) in [5, 5.41) is 0. The van der Waals surface area contributed by atoms with Crippen LogP contribution in [0.4, 0.5) is 0 Å². The molecule has 84 valence electrons. The number of morpholine rings is 1. The van der Waals surface area contributed by atoms with E-state index in [1.807, 2.05) is 0 Å². The van der Waals surface area contributed by atoms with Crippen LogP contribution in [0.2, 0.25) is 0 Å². The van der Waals surface area contributed by atoms with Crippen LogP contribution < -0.4 is 0 Å². The molecule has 0 spiro atoms. The van der Waals surface area contributed by atoms with Crippen molar-refractivity contribution < 1.29 is 4.74 Å². The topological polar surface area (TPSA) is 12.5 Å². The van der Waals surface area contributed by atoms with Crippen molar-refractivity contribution in [3.05, 3.63) is 0 Å². The summed E-state index contributed by atoms with van der Waals surface area (Å²) < 4.78 is 5.38. The lowest BCUT2D eigenvalue weighted by Crippen LogP contribution is -2.43. The van der Waals surface area contributed by atoms with E-state index in [1.165, 1.54) is 19.3 Å². The lowest BCUT2D eigenvalue weighted by atomic mass is 9.96. The molecular formula is C12H25NO. The highest BCUT2D eigenvalue weighted by Crippen LogP contribution is 2.18. The second-order valence-electron chi connectivity index (χ2n) is 4.46. The van der Waals surface area contributed by atoms with Gasteiger partial charge in [-0.25, -0.2) is 0 Å². The van der Waals surface area contributed by atoms with Gasteiger partial charge < -0.3 is 4.74 Å². The summed E-state index contributed by atoms with van der Waals surface area (Å²) in [7, 11) is 0. The third-order valence-electron chi connectivity index (χ3n) is 3.40. The monoisotopic (exact) mass is 199 g/mol. The smallest absolute Gasteiger partial charge is 0.0594 e. The molecule has 14 heavy (non-hydrogen) atoms. The fourth-order valence-electron chi connectivity index (χ4n) is 2.15. The maximum absolute atomic E-state index is 5.38. The molecule has 1 heterocycles. The zero-order valence-corrected chi connectivity index (χ0v) is 9.96. The largest absolute Gasteiger partial charge is 0.379 e. The zero-order chi connectivity index (χ0) is 10.4. The van der Waals surface area contributed by atoms with Crippen molar-refractivity contribution in [2.45, 2.75) is 46.1 Å². The Bertz CT molecular complexity index is 143. The Morgan fingerprint density at radius 1 is 1.14 bits per heavy atom. The predicted molar refractivity (Wildman–Crippen MR) is 60.5 cm³/mol. The van der Waals surface area contributed by atoms with Crippen molar-refractivity contribution in [1.29, 1.82) is 0 Å². The summed E-state index contributed by atoms with van der Waals surface area (Å²) >= 11 is 0. The lowest BCUT2D eigenvalue weighted by molar-refractivity contribution is 0.0108. The zero-order valence-electron chi connectivity index (χ0n) is 9.96. The molecule has 0 aromatic rings. The van der Waals surface area contributed by atoms with Crippen LogP contribution in [0.1, 0.15) is 40.0 Å². The molecule has 0 N–H and O–H groups in total. The summed E-state index contributed by atoms with van der Waals surface area (Å²) in [6.07, 6.45) is 3.94. The Hall–Kier alpha value is -0.0800. The van der Waals surface area contributed by atoms with E-state index in [0.717, 1.165) is 38.3 Å². The molecule has 0 amide bonds. The molecule has 1 aliphatic rings. The maximum Gasteiger partial charge on any atom is 0.0594 e. The highest BCUT2D eigenvalue weighted by atomic mass is 16.5. The molecule has 0 aromatic heterocycles. The standard InChI is InChI=1S/C12H25NO/c1-4-11(3)10-12(5-2)13-6-8-14-9-7-13/h11-12H,4-10H2,1-3H3. The van der Waals surface area contributed by atoms with Gasteiger partial charge in [0.1, 0.15) is 0 Å². The first-order valence-corrected chi connectivity index (χ1v) is 6.09.